The van der Waals surface area contributed by atoms with Crippen molar-refractivity contribution in [2.45, 2.75) is 52.6 Å². The zero-order valence-electron chi connectivity index (χ0n) is 23.6. The van der Waals surface area contributed by atoms with E-state index in [0.29, 0.717) is 18.7 Å². The van der Waals surface area contributed by atoms with E-state index in [9.17, 15) is 18.0 Å². The summed E-state index contributed by atoms with van der Waals surface area (Å²) in [4.78, 5) is 29.2. The molecule has 0 bridgehead atoms. The first-order valence-electron chi connectivity index (χ1n) is 13.4. The highest BCUT2D eigenvalue weighted by Crippen LogP contribution is 2.23. The molecule has 0 aliphatic carbocycles. The lowest BCUT2D eigenvalue weighted by Gasteiger charge is -2.33. The first-order chi connectivity index (χ1) is 19.0. The van der Waals surface area contributed by atoms with E-state index in [0.717, 1.165) is 50.1 Å². The molecule has 0 heterocycles. The molecule has 3 rings (SSSR count). The van der Waals surface area contributed by atoms with Crippen LogP contribution in [0.2, 0.25) is 0 Å². The summed E-state index contributed by atoms with van der Waals surface area (Å²) in [6.07, 6.45) is 3.13. The van der Waals surface area contributed by atoms with Gasteiger partial charge in [-0.05, 0) is 66.8 Å². The van der Waals surface area contributed by atoms with Gasteiger partial charge in [-0.15, -0.1) is 0 Å². The molecule has 1 N–H and O–H groups in total. The number of unbranched alkanes of at least 4 members (excludes halogenated alkanes) is 1. The zero-order chi connectivity index (χ0) is 29.3. The van der Waals surface area contributed by atoms with Crippen molar-refractivity contribution in [3.05, 3.63) is 99.5 Å². The first-order valence-corrected chi connectivity index (χ1v) is 16.0. The summed E-state index contributed by atoms with van der Waals surface area (Å²) in [6, 6.07) is 21.5. The summed E-state index contributed by atoms with van der Waals surface area (Å²) in [6.45, 7) is 6.11. The monoisotopic (exact) mass is 627 g/mol. The van der Waals surface area contributed by atoms with Crippen LogP contribution in [0.5, 0.6) is 0 Å². The molecule has 214 valence electrons. The molecule has 0 fully saturated rings. The van der Waals surface area contributed by atoms with Crippen LogP contribution in [-0.2, 0) is 32.6 Å². The maximum Gasteiger partial charge on any atom is 0.244 e. The molecule has 1 atom stereocenters. The van der Waals surface area contributed by atoms with Crippen molar-refractivity contribution >= 4 is 43.5 Å². The Labute approximate surface area is 246 Å². The molecule has 2 amide bonds. The van der Waals surface area contributed by atoms with Crippen LogP contribution in [0.4, 0.5) is 5.69 Å². The highest BCUT2D eigenvalue weighted by Gasteiger charge is 2.33. The molecule has 3 aromatic rings. The molecular formula is C31H38BrN3O4S. The highest BCUT2D eigenvalue weighted by molar-refractivity contribution is 9.10. The second-order valence-corrected chi connectivity index (χ2v) is 12.9. The Balaban J connectivity index is 2.03. The summed E-state index contributed by atoms with van der Waals surface area (Å²) in [5.74, 6) is -0.724. The molecule has 9 heteroatoms. The van der Waals surface area contributed by atoms with E-state index in [1.807, 2.05) is 81.4 Å². The van der Waals surface area contributed by atoms with Crippen LogP contribution < -0.4 is 9.62 Å². The number of amides is 2. The van der Waals surface area contributed by atoms with Gasteiger partial charge in [0.2, 0.25) is 21.8 Å². The predicted octanol–water partition coefficient (Wildman–Crippen LogP) is 5.39. The van der Waals surface area contributed by atoms with Crippen molar-refractivity contribution in [2.75, 3.05) is 23.7 Å². The number of carbonyl (C=O) groups is 2. The minimum absolute atomic E-state index is 0.148. The smallest absolute Gasteiger partial charge is 0.244 e. The number of nitrogens with zero attached hydrogens (tertiary/aromatic N) is 2. The average Bonchev–Trinajstić information content (AvgIpc) is 2.92. The standard InChI is InChI=1S/C31H38BrN3O4S/c1-5-6-18-33-31(37)29(20-25-10-8-7-9-11-25)34(21-26-13-15-27(32)16-14-26)30(36)22-35(40(4,38)39)28-17-12-23(2)24(3)19-28/h7-17,19,29H,5-6,18,20-22H2,1-4H3,(H,33,37)/t29-/m0/s1. The van der Waals surface area contributed by atoms with Gasteiger partial charge in [0.25, 0.3) is 0 Å². The third-order valence-corrected chi connectivity index (χ3v) is 8.49. The Morgan fingerprint density at radius 2 is 1.60 bits per heavy atom. The molecule has 0 saturated heterocycles. The topological polar surface area (TPSA) is 86.8 Å². The molecule has 40 heavy (non-hydrogen) atoms. The van der Waals surface area contributed by atoms with Gasteiger partial charge in [-0.1, -0.05) is 77.8 Å². The minimum Gasteiger partial charge on any atom is -0.354 e. The van der Waals surface area contributed by atoms with E-state index in [-0.39, 0.29) is 12.5 Å². The zero-order valence-corrected chi connectivity index (χ0v) is 26.0. The van der Waals surface area contributed by atoms with Gasteiger partial charge < -0.3 is 10.2 Å². The Bertz CT molecular complexity index is 1400. The number of carbonyl (C=O) groups excluding carboxylic acids is 2. The SMILES string of the molecule is CCCCNC(=O)[C@H](Cc1ccccc1)N(Cc1ccc(Br)cc1)C(=O)CN(c1ccc(C)c(C)c1)S(C)(=O)=O. The van der Waals surface area contributed by atoms with Crippen molar-refractivity contribution < 1.29 is 18.0 Å². The molecule has 0 saturated carbocycles. The number of halogens is 1. The summed E-state index contributed by atoms with van der Waals surface area (Å²) >= 11 is 3.45. The molecule has 0 spiro atoms. The van der Waals surface area contributed by atoms with E-state index in [2.05, 4.69) is 21.2 Å². The molecule has 3 aromatic carbocycles. The van der Waals surface area contributed by atoms with Crippen molar-refractivity contribution in [2.24, 2.45) is 0 Å². The lowest BCUT2D eigenvalue weighted by atomic mass is 10.0. The Morgan fingerprint density at radius 1 is 0.925 bits per heavy atom. The second kappa shape index (κ2) is 14.5. The van der Waals surface area contributed by atoms with Crippen LogP contribution in [0.15, 0.2) is 77.3 Å². The van der Waals surface area contributed by atoms with Gasteiger partial charge in [-0.2, -0.15) is 0 Å². The van der Waals surface area contributed by atoms with Gasteiger partial charge in [0.1, 0.15) is 12.6 Å². The van der Waals surface area contributed by atoms with E-state index >= 15 is 0 Å². The van der Waals surface area contributed by atoms with E-state index in [4.69, 9.17) is 0 Å². The van der Waals surface area contributed by atoms with E-state index in [1.54, 1.807) is 12.1 Å². The largest absolute Gasteiger partial charge is 0.354 e. The normalized spacial score (nSPS) is 12.0. The number of hydrogen-bond acceptors (Lipinski definition) is 4. The number of hydrogen-bond donors (Lipinski definition) is 1. The molecular weight excluding hydrogens is 590 g/mol. The number of rotatable bonds is 13. The molecule has 0 aromatic heterocycles. The second-order valence-electron chi connectivity index (χ2n) is 10.0. The van der Waals surface area contributed by atoms with Crippen molar-refractivity contribution in [3.8, 4) is 0 Å². The lowest BCUT2D eigenvalue weighted by molar-refractivity contribution is -0.140. The fourth-order valence-electron chi connectivity index (χ4n) is 4.34. The fourth-order valence-corrected chi connectivity index (χ4v) is 5.45. The van der Waals surface area contributed by atoms with Crippen molar-refractivity contribution in [1.29, 1.82) is 0 Å². The number of benzene rings is 3. The Morgan fingerprint density at radius 3 is 2.20 bits per heavy atom. The van der Waals surface area contributed by atoms with E-state index in [1.165, 1.54) is 4.90 Å². The Kier molecular flexibility index (Phi) is 11.3. The van der Waals surface area contributed by atoms with Gasteiger partial charge in [0.05, 0.1) is 11.9 Å². The van der Waals surface area contributed by atoms with Crippen LogP contribution in [0, 0.1) is 13.8 Å². The van der Waals surface area contributed by atoms with Crippen LogP contribution >= 0.6 is 15.9 Å². The molecule has 7 nitrogen and oxygen atoms in total. The maximum atomic E-state index is 14.1. The number of anilines is 1. The molecule has 0 radical (unpaired) electrons. The number of aryl methyl sites for hydroxylation is 2. The van der Waals surface area contributed by atoms with Crippen LogP contribution in [0.1, 0.15) is 42.0 Å². The third-order valence-electron chi connectivity index (χ3n) is 6.82. The highest BCUT2D eigenvalue weighted by atomic mass is 79.9. The summed E-state index contributed by atoms with van der Waals surface area (Å²) < 4.78 is 27.9. The number of nitrogens with one attached hydrogen (secondary N) is 1. The predicted molar refractivity (Wildman–Crippen MR) is 165 cm³/mol. The van der Waals surface area contributed by atoms with Gasteiger partial charge in [0, 0.05) is 24.0 Å². The van der Waals surface area contributed by atoms with Crippen LogP contribution in [0.25, 0.3) is 0 Å². The summed E-state index contributed by atoms with van der Waals surface area (Å²) in [5, 5.41) is 2.99. The average molecular weight is 629 g/mol. The molecule has 0 aliphatic rings. The van der Waals surface area contributed by atoms with Crippen molar-refractivity contribution in [1.82, 2.24) is 10.2 Å². The van der Waals surface area contributed by atoms with Gasteiger partial charge >= 0.3 is 0 Å². The van der Waals surface area contributed by atoms with Crippen molar-refractivity contribution in [3.63, 3.8) is 0 Å². The molecule has 0 unspecified atom stereocenters. The van der Waals surface area contributed by atoms with Gasteiger partial charge in [0.15, 0.2) is 0 Å². The lowest BCUT2D eigenvalue weighted by Crippen LogP contribution is -2.53. The Hall–Kier alpha value is -3.17. The van der Waals surface area contributed by atoms with Gasteiger partial charge in [-0.25, -0.2) is 8.42 Å². The minimum atomic E-state index is -3.80. The first kappa shape index (κ1) is 31.4. The van der Waals surface area contributed by atoms with Gasteiger partial charge in [-0.3, -0.25) is 13.9 Å². The number of sulfonamides is 1. The third kappa shape index (κ3) is 8.93. The van der Waals surface area contributed by atoms with E-state index < -0.39 is 28.5 Å². The fraction of sp³-hybridized carbons (Fsp3) is 0.355. The summed E-state index contributed by atoms with van der Waals surface area (Å²) in [7, 11) is -3.80. The van der Waals surface area contributed by atoms with Crippen LogP contribution in [-0.4, -0.2) is 50.5 Å². The molecule has 0 aliphatic heterocycles. The quantitative estimate of drug-likeness (QED) is 0.258. The summed E-state index contributed by atoms with van der Waals surface area (Å²) in [5.41, 5.74) is 4.08. The maximum absolute atomic E-state index is 14.1. The van der Waals surface area contributed by atoms with Crippen LogP contribution in [0.3, 0.4) is 0 Å².